The number of thiol groups is 1. The molecule has 0 aromatic carbocycles. The van der Waals surface area contributed by atoms with Gasteiger partial charge < -0.3 is 4.90 Å². The average Bonchev–Trinajstić information content (AvgIpc) is 2.20. The molecule has 0 aromatic heterocycles. The molecule has 3 heterocycles. The van der Waals surface area contributed by atoms with Crippen LogP contribution in [0.2, 0.25) is 0 Å². The summed E-state index contributed by atoms with van der Waals surface area (Å²) < 4.78 is 27.4. The molecular formula is C9H19CeNO3S2. The summed E-state index contributed by atoms with van der Waals surface area (Å²) in [5.74, 6) is 1.01. The van der Waals surface area contributed by atoms with Crippen LogP contribution in [0.3, 0.4) is 0 Å². The number of nitrogens with zero attached hydrogens (tertiary/aromatic N) is 1. The standard InChI is InChI=1S/C7H13N.C2H6O3S2.Ce/c1-4-8-5-2-7(1)3-6-8;3-7(4,5)2-1-6;/h7H,1-6H2;6H,1-2H2,(H,3,4,5);. The van der Waals surface area contributed by atoms with Crippen LogP contribution in [0.15, 0.2) is 0 Å². The molecule has 7 heteroatoms. The van der Waals surface area contributed by atoms with E-state index in [1.807, 2.05) is 0 Å². The number of rotatable bonds is 2. The first kappa shape index (κ1) is 17.6. The molecule has 0 radical (unpaired) electrons. The van der Waals surface area contributed by atoms with Crippen LogP contribution in [0.25, 0.3) is 0 Å². The van der Waals surface area contributed by atoms with Crippen molar-refractivity contribution in [2.24, 2.45) is 5.92 Å². The fourth-order valence-electron chi connectivity index (χ4n) is 1.98. The quantitative estimate of drug-likeness (QED) is 0.541. The molecule has 0 atom stereocenters. The molecule has 3 fully saturated rings. The minimum atomic E-state index is -3.75. The van der Waals surface area contributed by atoms with E-state index < -0.39 is 10.1 Å². The molecule has 0 spiro atoms. The first-order valence-corrected chi connectivity index (χ1v) is 7.54. The van der Waals surface area contributed by atoms with Crippen LogP contribution in [0.1, 0.15) is 19.3 Å². The van der Waals surface area contributed by atoms with Crippen LogP contribution in [0.4, 0.5) is 0 Å². The molecule has 3 rings (SSSR count). The zero-order valence-corrected chi connectivity index (χ0v) is 14.2. The molecule has 0 amide bonds. The van der Waals surface area contributed by atoms with E-state index >= 15 is 0 Å². The maximum Gasteiger partial charge on any atom is 0.265 e. The van der Waals surface area contributed by atoms with E-state index in [1.165, 1.54) is 38.9 Å². The van der Waals surface area contributed by atoms with Crippen molar-refractivity contribution >= 4 is 22.7 Å². The Morgan fingerprint density at radius 2 is 1.62 bits per heavy atom. The normalized spacial score (nSPS) is 27.6. The molecule has 4 nitrogen and oxygen atoms in total. The maximum absolute atomic E-state index is 9.74. The van der Waals surface area contributed by atoms with Gasteiger partial charge in [0, 0.05) is 47.5 Å². The van der Waals surface area contributed by atoms with Crippen molar-refractivity contribution in [2.75, 3.05) is 31.1 Å². The smallest absolute Gasteiger partial charge is 0.265 e. The first-order valence-electron chi connectivity index (χ1n) is 5.29. The largest absolute Gasteiger partial charge is 0.303 e. The summed E-state index contributed by atoms with van der Waals surface area (Å²) in [5.41, 5.74) is 0. The Hall–Kier alpha value is 1.60. The average molecular weight is 394 g/mol. The number of hydrogen-bond acceptors (Lipinski definition) is 4. The van der Waals surface area contributed by atoms with Crippen molar-refractivity contribution in [3.05, 3.63) is 0 Å². The molecule has 0 aromatic rings. The molecule has 3 aliphatic rings. The van der Waals surface area contributed by atoms with Crippen LogP contribution in [-0.4, -0.2) is 49.0 Å². The first-order chi connectivity index (χ1) is 7.01. The van der Waals surface area contributed by atoms with Gasteiger partial charge in [-0.1, -0.05) is 0 Å². The van der Waals surface area contributed by atoms with E-state index in [9.17, 15) is 8.42 Å². The van der Waals surface area contributed by atoms with Crippen LogP contribution in [0.5, 0.6) is 0 Å². The summed E-state index contributed by atoms with van der Waals surface area (Å²) in [6.07, 6.45) is 4.46. The minimum absolute atomic E-state index is 0. The van der Waals surface area contributed by atoms with Crippen molar-refractivity contribution in [1.82, 2.24) is 4.90 Å². The zero-order chi connectivity index (χ0) is 11.3. The predicted octanol–water partition coefficient (Wildman–Crippen LogP) is 0.906. The number of piperidine rings is 3. The summed E-state index contributed by atoms with van der Waals surface area (Å²) >= 11 is 3.57. The SMILES string of the molecule is C1CN2CCC1CC2.O=S(=O)(O)CCS.[Ce]. The van der Waals surface area contributed by atoms with Crippen molar-refractivity contribution in [1.29, 1.82) is 0 Å². The Kier molecular flexibility index (Phi) is 9.52. The third kappa shape index (κ3) is 7.83. The Morgan fingerprint density at radius 3 is 1.69 bits per heavy atom. The molecule has 0 saturated carbocycles. The molecular weight excluding hydrogens is 374 g/mol. The maximum atomic E-state index is 9.74. The third-order valence-electron chi connectivity index (χ3n) is 2.91. The van der Waals surface area contributed by atoms with E-state index in [0.29, 0.717) is 0 Å². The van der Waals surface area contributed by atoms with E-state index in [-0.39, 0.29) is 53.3 Å². The van der Waals surface area contributed by atoms with Gasteiger partial charge in [0.2, 0.25) is 0 Å². The van der Waals surface area contributed by atoms with Crippen LogP contribution < -0.4 is 0 Å². The van der Waals surface area contributed by atoms with Gasteiger partial charge in [-0.25, -0.2) is 0 Å². The summed E-state index contributed by atoms with van der Waals surface area (Å²) in [6, 6.07) is 0. The number of hydrogen-bond donors (Lipinski definition) is 2. The Balaban J connectivity index is 0.000000269. The van der Waals surface area contributed by atoms with Gasteiger partial charge in [-0.2, -0.15) is 21.0 Å². The second-order valence-corrected chi connectivity index (χ2v) is 6.10. The molecule has 16 heavy (non-hydrogen) atoms. The van der Waals surface area contributed by atoms with Crippen molar-refractivity contribution < 1.29 is 54.7 Å². The van der Waals surface area contributed by atoms with E-state index in [1.54, 1.807) is 0 Å². The van der Waals surface area contributed by atoms with Gasteiger partial charge in [0.1, 0.15) is 0 Å². The van der Waals surface area contributed by atoms with E-state index in [4.69, 9.17) is 4.55 Å². The molecule has 3 aliphatic heterocycles. The van der Waals surface area contributed by atoms with E-state index in [2.05, 4.69) is 17.5 Å². The second-order valence-electron chi connectivity index (χ2n) is 4.08. The predicted molar refractivity (Wildman–Crippen MR) is 64.0 cm³/mol. The Bertz CT molecular complexity index is 253. The van der Waals surface area contributed by atoms with Crippen molar-refractivity contribution in [2.45, 2.75) is 19.3 Å². The molecule has 2 bridgehead atoms. The summed E-state index contributed by atoms with van der Waals surface area (Å²) in [5, 5.41) is 0. The molecule has 0 aliphatic carbocycles. The van der Waals surface area contributed by atoms with Crippen molar-refractivity contribution in [3.63, 3.8) is 0 Å². The topological polar surface area (TPSA) is 57.6 Å². The molecule has 94 valence electrons. The van der Waals surface area contributed by atoms with Crippen LogP contribution >= 0.6 is 12.6 Å². The van der Waals surface area contributed by atoms with E-state index in [0.717, 1.165) is 5.92 Å². The summed E-state index contributed by atoms with van der Waals surface area (Å²) in [4.78, 5) is 2.58. The van der Waals surface area contributed by atoms with Gasteiger partial charge in [0.25, 0.3) is 10.1 Å². The fourth-order valence-corrected chi connectivity index (χ4v) is 2.90. The molecule has 1 N–H and O–H groups in total. The molecule has 0 unspecified atom stereocenters. The fraction of sp³-hybridized carbons (Fsp3) is 1.00. The Morgan fingerprint density at radius 1 is 1.19 bits per heavy atom. The van der Waals surface area contributed by atoms with Gasteiger partial charge in [0.15, 0.2) is 0 Å². The van der Waals surface area contributed by atoms with Gasteiger partial charge in [-0.05, 0) is 44.8 Å². The monoisotopic (exact) mass is 393 g/mol. The third-order valence-corrected chi connectivity index (χ3v) is 4.16. The second kappa shape index (κ2) is 8.66. The zero-order valence-electron chi connectivity index (χ0n) is 9.30. The number of fused-ring (bicyclic) bond motifs is 3. The van der Waals surface area contributed by atoms with Gasteiger partial charge in [-0.15, -0.1) is 0 Å². The van der Waals surface area contributed by atoms with Crippen LogP contribution in [0, 0.1) is 47.7 Å². The molecule has 3 saturated heterocycles. The van der Waals surface area contributed by atoms with Gasteiger partial charge in [-0.3, -0.25) is 4.55 Å². The van der Waals surface area contributed by atoms with Gasteiger partial charge in [0.05, 0.1) is 5.75 Å². The minimum Gasteiger partial charge on any atom is -0.303 e. The Labute approximate surface area is 137 Å². The van der Waals surface area contributed by atoms with Crippen LogP contribution in [-0.2, 0) is 10.1 Å². The van der Waals surface area contributed by atoms with Gasteiger partial charge >= 0.3 is 0 Å². The van der Waals surface area contributed by atoms with Crippen molar-refractivity contribution in [3.8, 4) is 0 Å². The summed E-state index contributed by atoms with van der Waals surface area (Å²) in [6.45, 7) is 4.18. The summed E-state index contributed by atoms with van der Waals surface area (Å²) in [7, 11) is -3.75.